The molecule has 0 bridgehead atoms. The van der Waals surface area contributed by atoms with Crippen LogP contribution in [0.2, 0.25) is 0 Å². The summed E-state index contributed by atoms with van der Waals surface area (Å²) in [6.45, 7) is 15.9. The van der Waals surface area contributed by atoms with Crippen LogP contribution in [0, 0.1) is 0 Å². The van der Waals surface area contributed by atoms with Crippen LogP contribution in [0.5, 0.6) is 0 Å². The monoisotopic (exact) mass is 422 g/mol. The number of likely N-dealkylation sites (N-methyl/N-ethyl adjacent to an activating group) is 2. The maximum Gasteiger partial charge on any atom is 0.201 e. The van der Waals surface area contributed by atoms with Crippen molar-refractivity contribution >= 4 is 27.2 Å². The predicted octanol–water partition coefficient (Wildman–Crippen LogP) is 2.65. The number of benzene rings is 2. The fourth-order valence-electron chi connectivity index (χ4n) is 4.64. The van der Waals surface area contributed by atoms with E-state index in [2.05, 4.69) is 69.5 Å². The zero-order valence-electron chi connectivity index (χ0n) is 18.2. The van der Waals surface area contributed by atoms with E-state index in [0.717, 1.165) is 76.7 Å². The van der Waals surface area contributed by atoms with Crippen LogP contribution in [-0.4, -0.2) is 80.2 Å². The molecule has 3 heterocycles. The van der Waals surface area contributed by atoms with Crippen molar-refractivity contribution < 1.29 is 0 Å². The van der Waals surface area contributed by atoms with Crippen molar-refractivity contribution in [3.05, 3.63) is 41.8 Å². The van der Waals surface area contributed by atoms with Gasteiger partial charge in [-0.05, 0) is 37.4 Å². The van der Waals surface area contributed by atoms with E-state index < -0.39 is 0 Å². The summed E-state index contributed by atoms with van der Waals surface area (Å²) in [7, 11) is 0. The van der Waals surface area contributed by atoms with Crippen molar-refractivity contribution in [1.29, 1.82) is 0 Å². The van der Waals surface area contributed by atoms with Gasteiger partial charge in [0.15, 0.2) is 13.1 Å². The van der Waals surface area contributed by atoms with Crippen LogP contribution in [-0.2, 0) is 0 Å². The lowest BCUT2D eigenvalue weighted by Gasteiger charge is -2.35. The largest absolute Gasteiger partial charge is 0.369 e. The van der Waals surface area contributed by atoms with Crippen molar-refractivity contribution in [2.45, 2.75) is 13.8 Å². The Hall–Kier alpha value is -2.02. The third-order valence-corrected chi connectivity index (χ3v) is 7.81. The fourth-order valence-corrected chi connectivity index (χ4v) is 5.67. The van der Waals surface area contributed by atoms with Gasteiger partial charge in [-0.2, -0.15) is 0 Å². The van der Waals surface area contributed by atoms with E-state index in [1.807, 2.05) is 11.3 Å². The second-order valence-corrected chi connectivity index (χ2v) is 9.44. The van der Waals surface area contributed by atoms with Crippen LogP contribution in [0.4, 0.5) is 5.69 Å². The lowest BCUT2D eigenvalue weighted by molar-refractivity contribution is 0.233. The molecule has 0 spiro atoms. The molecule has 0 atom stereocenters. The van der Waals surface area contributed by atoms with Gasteiger partial charge in [-0.25, -0.2) is 9.56 Å². The lowest BCUT2D eigenvalue weighted by Crippen LogP contribution is -2.47. The Balaban J connectivity index is 1.47. The van der Waals surface area contributed by atoms with Gasteiger partial charge >= 0.3 is 0 Å². The second kappa shape index (κ2) is 8.61. The minimum atomic E-state index is 1.10. The molecule has 1 aromatic rings. The molecule has 4 aliphatic rings. The van der Waals surface area contributed by atoms with Crippen molar-refractivity contribution in [2.75, 3.05) is 70.3 Å². The molecule has 6 heteroatoms. The quantitative estimate of drug-likeness (QED) is 0.479. The summed E-state index contributed by atoms with van der Waals surface area (Å²) in [6.07, 6.45) is 0. The number of fused-ring (bicyclic) bond motifs is 2. The van der Waals surface area contributed by atoms with Crippen LogP contribution in [0.3, 0.4) is 0 Å². The van der Waals surface area contributed by atoms with E-state index in [9.17, 15) is 0 Å². The van der Waals surface area contributed by atoms with Crippen LogP contribution < -0.4 is 14.8 Å². The molecule has 0 unspecified atom stereocenters. The van der Waals surface area contributed by atoms with Gasteiger partial charge in [0, 0.05) is 44.0 Å². The highest BCUT2D eigenvalue weighted by Gasteiger charge is 2.19. The fraction of sp³-hybridized carbons (Fsp3) is 0.500. The summed E-state index contributed by atoms with van der Waals surface area (Å²) in [6, 6.07) is 13.6. The highest BCUT2D eigenvalue weighted by atomic mass is 32.1. The predicted molar refractivity (Wildman–Crippen MR) is 128 cm³/mol. The zero-order valence-corrected chi connectivity index (χ0v) is 19.0. The Morgan fingerprint density at radius 1 is 0.867 bits per heavy atom. The molecule has 0 radical (unpaired) electrons. The standard InChI is InChI=1S/C24H32N5S/c1-3-26-9-13-28(14-10-26)19-5-7-21-23(17-19)30-24-18-20(6-8-22(24)25-21)29-15-11-27(4-2)12-16-29/h5-8,17-18H,3-4,9-16H2,1-2H3/q+1. The molecule has 5 nitrogen and oxygen atoms in total. The molecule has 0 saturated carbocycles. The summed E-state index contributed by atoms with van der Waals surface area (Å²) < 4.78 is 3.80. The van der Waals surface area contributed by atoms with Gasteiger partial charge in [0.25, 0.3) is 0 Å². The molecular formula is C24H32N5S+. The van der Waals surface area contributed by atoms with Crippen LogP contribution in [0.25, 0.3) is 20.8 Å². The maximum absolute atomic E-state index is 4.96. The molecule has 5 rings (SSSR count). The SMILES string of the molecule is CCN1CCN(c2ccc3nc4ccc(=[N+]5CCN(CC)CC5)cc-4sc3c2)CC1. The van der Waals surface area contributed by atoms with E-state index in [-0.39, 0.29) is 0 Å². The first kappa shape index (κ1) is 19.9. The van der Waals surface area contributed by atoms with Crippen molar-refractivity contribution in [1.82, 2.24) is 19.4 Å². The number of piperazine rings is 2. The average Bonchev–Trinajstić information content (AvgIpc) is 2.82. The molecule has 1 aromatic carbocycles. The van der Waals surface area contributed by atoms with Gasteiger partial charge in [-0.15, -0.1) is 11.3 Å². The molecular weight excluding hydrogens is 390 g/mol. The number of nitrogens with zero attached hydrogens (tertiary/aromatic N) is 5. The molecule has 2 fully saturated rings. The number of aromatic nitrogens is 1. The molecule has 158 valence electrons. The minimum Gasteiger partial charge on any atom is -0.369 e. The Kier molecular flexibility index (Phi) is 5.72. The Morgan fingerprint density at radius 3 is 2.33 bits per heavy atom. The van der Waals surface area contributed by atoms with E-state index >= 15 is 0 Å². The first-order valence-corrected chi connectivity index (χ1v) is 12.2. The number of anilines is 1. The Labute approximate surface area is 183 Å². The zero-order chi connectivity index (χ0) is 20.5. The first-order valence-electron chi connectivity index (χ1n) is 11.4. The first-order chi connectivity index (χ1) is 14.7. The molecule has 2 saturated heterocycles. The summed E-state index contributed by atoms with van der Waals surface area (Å²) in [5.74, 6) is 0. The molecule has 3 aliphatic heterocycles. The smallest absolute Gasteiger partial charge is 0.201 e. The van der Waals surface area contributed by atoms with Crippen LogP contribution >= 0.6 is 11.3 Å². The Morgan fingerprint density at radius 2 is 1.60 bits per heavy atom. The van der Waals surface area contributed by atoms with Crippen molar-refractivity contribution in [3.8, 4) is 10.6 Å². The average molecular weight is 423 g/mol. The normalized spacial score (nSPS) is 19.1. The summed E-state index contributed by atoms with van der Waals surface area (Å²) in [4.78, 5) is 13.8. The maximum atomic E-state index is 4.96. The molecule has 1 aliphatic carbocycles. The number of rotatable bonds is 3. The third kappa shape index (κ3) is 3.96. The Bertz CT molecular complexity index is 1060. The number of hydrogen-bond acceptors (Lipinski definition) is 5. The van der Waals surface area contributed by atoms with Gasteiger partial charge in [-0.1, -0.05) is 13.8 Å². The van der Waals surface area contributed by atoms with E-state index in [0.29, 0.717) is 0 Å². The third-order valence-electron chi connectivity index (χ3n) is 6.72. The van der Waals surface area contributed by atoms with Gasteiger partial charge < -0.3 is 9.80 Å². The summed E-state index contributed by atoms with van der Waals surface area (Å²) in [5.41, 5.74) is 3.54. The molecule has 0 N–H and O–H groups in total. The van der Waals surface area contributed by atoms with Crippen molar-refractivity contribution in [2.24, 2.45) is 0 Å². The highest BCUT2D eigenvalue weighted by molar-refractivity contribution is 7.21. The van der Waals surface area contributed by atoms with Crippen LogP contribution in [0.15, 0.2) is 36.4 Å². The topological polar surface area (TPSA) is 25.6 Å². The van der Waals surface area contributed by atoms with Crippen molar-refractivity contribution in [3.63, 3.8) is 0 Å². The van der Waals surface area contributed by atoms with Gasteiger partial charge in [0.05, 0.1) is 33.9 Å². The van der Waals surface area contributed by atoms with Gasteiger partial charge in [0.1, 0.15) is 0 Å². The highest BCUT2D eigenvalue weighted by Crippen LogP contribution is 2.32. The molecule has 0 amide bonds. The van der Waals surface area contributed by atoms with Crippen LogP contribution in [0.1, 0.15) is 13.8 Å². The van der Waals surface area contributed by atoms with E-state index in [1.54, 1.807) is 0 Å². The van der Waals surface area contributed by atoms with Gasteiger partial charge in [0.2, 0.25) is 5.36 Å². The molecule has 0 aromatic heterocycles. The van der Waals surface area contributed by atoms with Gasteiger partial charge in [-0.3, -0.25) is 4.90 Å². The van der Waals surface area contributed by atoms with E-state index in [1.165, 1.54) is 20.6 Å². The lowest BCUT2D eigenvalue weighted by atomic mass is 10.2. The minimum absolute atomic E-state index is 1.10. The van der Waals surface area contributed by atoms with E-state index in [4.69, 9.17) is 4.98 Å². The number of hydrogen-bond donors (Lipinski definition) is 0. The summed E-state index contributed by atoms with van der Waals surface area (Å²) in [5, 5.41) is 1.34. The summed E-state index contributed by atoms with van der Waals surface area (Å²) >= 11 is 1.88. The second-order valence-electron chi connectivity index (χ2n) is 8.36. The molecule has 30 heavy (non-hydrogen) atoms.